The fourth-order valence-electron chi connectivity index (χ4n) is 5.79. The Morgan fingerprint density at radius 2 is 1.46 bits per heavy atom. The molecule has 0 atom stereocenters. The van der Waals surface area contributed by atoms with E-state index in [0.29, 0.717) is 12.2 Å². The second-order valence-electron chi connectivity index (χ2n) is 9.26. The summed E-state index contributed by atoms with van der Waals surface area (Å²) in [6.07, 6.45) is 13.4. The van der Waals surface area contributed by atoms with Crippen LogP contribution < -0.4 is 4.74 Å². The van der Waals surface area contributed by atoms with E-state index in [1.807, 2.05) is 13.8 Å². The molecule has 1 nitrogen and oxygen atoms in total. The van der Waals surface area contributed by atoms with Crippen LogP contribution in [0.25, 0.3) is 0 Å². The van der Waals surface area contributed by atoms with Crippen molar-refractivity contribution in [3.63, 3.8) is 0 Å². The van der Waals surface area contributed by atoms with Crippen LogP contribution in [0.15, 0.2) is 6.07 Å². The molecule has 1 aromatic carbocycles. The van der Waals surface area contributed by atoms with Crippen LogP contribution in [-0.4, -0.2) is 6.61 Å². The fourth-order valence-corrected chi connectivity index (χ4v) is 5.79. The highest BCUT2D eigenvalue weighted by atomic mass is 19.2. The Balaban J connectivity index is 1.60. The summed E-state index contributed by atoms with van der Waals surface area (Å²) in [6, 6.07) is 1.70. The van der Waals surface area contributed by atoms with Crippen LogP contribution in [0.4, 0.5) is 8.78 Å². The smallest absolute Gasteiger partial charge is 0.200 e. The van der Waals surface area contributed by atoms with Crippen molar-refractivity contribution in [3.8, 4) is 5.75 Å². The van der Waals surface area contributed by atoms with E-state index < -0.39 is 11.6 Å². The average molecular weight is 393 g/mol. The number of benzene rings is 1. The summed E-state index contributed by atoms with van der Waals surface area (Å²) in [4.78, 5) is 0. The summed E-state index contributed by atoms with van der Waals surface area (Å²) < 4.78 is 34.7. The summed E-state index contributed by atoms with van der Waals surface area (Å²) in [6.45, 7) is 6.57. The predicted molar refractivity (Wildman–Crippen MR) is 112 cm³/mol. The van der Waals surface area contributed by atoms with Crippen LogP contribution in [0.1, 0.15) is 102 Å². The monoisotopic (exact) mass is 392 g/mol. The maximum Gasteiger partial charge on any atom is 0.200 e. The molecular weight excluding hydrogens is 354 g/mol. The Labute approximate surface area is 170 Å². The highest BCUT2D eigenvalue weighted by Gasteiger charge is 2.33. The third-order valence-corrected chi connectivity index (χ3v) is 7.31. The quantitative estimate of drug-likeness (QED) is 0.457. The molecule has 2 aliphatic carbocycles. The van der Waals surface area contributed by atoms with Crippen molar-refractivity contribution < 1.29 is 13.5 Å². The average Bonchev–Trinajstić information content (AvgIpc) is 2.71. The van der Waals surface area contributed by atoms with Gasteiger partial charge >= 0.3 is 0 Å². The lowest BCUT2D eigenvalue weighted by Crippen LogP contribution is -2.26. The molecule has 0 bridgehead atoms. The number of hydrogen-bond donors (Lipinski definition) is 0. The summed E-state index contributed by atoms with van der Waals surface area (Å²) in [5, 5.41) is 0. The number of ether oxygens (including phenoxy) is 1. The molecule has 0 radical (unpaired) electrons. The molecule has 0 saturated heterocycles. The minimum absolute atomic E-state index is 0.0677. The summed E-state index contributed by atoms with van der Waals surface area (Å²) in [5.41, 5.74) is 1.44. The van der Waals surface area contributed by atoms with Gasteiger partial charge in [-0.05, 0) is 92.7 Å². The van der Waals surface area contributed by atoms with Gasteiger partial charge in [0.15, 0.2) is 11.6 Å². The summed E-state index contributed by atoms with van der Waals surface area (Å²) in [5.74, 6) is 1.35. The van der Waals surface area contributed by atoms with Crippen molar-refractivity contribution in [1.82, 2.24) is 0 Å². The predicted octanol–water partition coefficient (Wildman–Crippen LogP) is 7.94. The second kappa shape index (κ2) is 10.1. The van der Waals surface area contributed by atoms with Crippen molar-refractivity contribution in [3.05, 3.63) is 28.8 Å². The highest BCUT2D eigenvalue weighted by molar-refractivity contribution is 5.40. The fraction of sp³-hybridized carbons (Fsp3) is 0.760. The first-order chi connectivity index (χ1) is 13.5. The van der Waals surface area contributed by atoms with Crippen LogP contribution in [-0.2, 0) is 0 Å². The van der Waals surface area contributed by atoms with E-state index >= 15 is 0 Å². The van der Waals surface area contributed by atoms with Crippen LogP contribution in [0.3, 0.4) is 0 Å². The van der Waals surface area contributed by atoms with Gasteiger partial charge in [0.1, 0.15) is 0 Å². The Kier molecular flexibility index (Phi) is 7.77. The van der Waals surface area contributed by atoms with Crippen molar-refractivity contribution in [2.45, 2.75) is 97.3 Å². The minimum atomic E-state index is -0.801. The summed E-state index contributed by atoms with van der Waals surface area (Å²) in [7, 11) is 0. The third-order valence-electron chi connectivity index (χ3n) is 7.31. The van der Waals surface area contributed by atoms with Gasteiger partial charge in [0.2, 0.25) is 5.82 Å². The lowest BCUT2D eigenvalue weighted by molar-refractivity contribution is 0.155. The topological polar surface area (TPSA) is 9.23 Å². The van der Waals surface area contributed by atoms with Crippen LogP contribution in [0.2, 0.25) is 0 Å². The van der Waals surface area contributed by atoms with E-state index in [0.717, 1.165) is 42.6 Å². The maximum absolute atomic E-state index is 14.8. The SMILES string of the molecule is CCCOc1cc(C)c(C2CCC(C3CCC(CCC)CC3)CC2)c(F)c1F. The Hall–Kier alpha value is -1.12. The normalized spacial score (nSPS) is 28.3. The first kappa shape index (κ1) is 21.6. The van der Waals surface area contributed by atoms with Gasteiger partial charge in [-0.25, -0.2) is 4.39 Å². The van der Waals surface area contributed by atoms with Crippen molar-refractivity contribution in [2.75, 3.05) is 6.61 Å². The lowest BCUT2D eigenvalue weighted by atomic mass is 9.67. The third kappa shape index (κ3) is 4.89. The van der Waals surface area contributed by atoms with E-state index in [1.54, 1.807) is 6.07 Å². The van der Waals surface area contributed by atoms with E-state index in [-0.39, 0.29) is 11.7 Å². The van der Waals surface area contributed by atoms with E-state index in [2.05, 4.69) is 6.92 Å². The van der Waals surface area contributed by atoms with Crippen molar-refractivity contribution in [2.24, 2.45) is 17.8 Å². The van der Waals surface area contributed by atoms with Gasteiger partial charge in [0.05, 0.1) is 6.61 Å². The van der Waals surface area contributed by atoms with Gasteiger partial charge in [0.25, 0.3) is 0 Å². The molecule has 2 aliphatic rings. The zero-order valence-electron chi connectivity index (χ0n) is 18.0. The van der Waals surface area contributed by atoms with Crippen LogP contribution in [0.5, 0.6) is 5.75 Å². The molecular formula is C25H38F2O. The number of rotatable bonds is 7. The second-order valence-corrected chi connectivity index (χ2v) is 9.26. The molecule has 0 aliphatic heterocycles. The molecule has 2 saturated carbocycles. The summed E-state index contributed by atoms with van der Waals surface area (Å²) >= 11 is 0. The van der Waals surface area contributed by atoms with Gasteiger partial charge in [-0.2, -0.15) is 4.39 Å². The standard InChI is InChI=1S/C25H38F2O/c1-4-6-18-7-9-19(10-8-18)20-11-13-21(14-12-20)23-17(3)16-22(28-15-5-2)24(26)25(23)27/h16,18-21H,4-15H2,1-3H3. The molecule has 0 amide bonds. The Morgan fingerprint density at radius 1 is 0.857 bits per heavy atom. The van der Waals surface area contributed by atoms with Gasteiger partial charge in [-0.15, -0.1) is 0 Å². The molecule has 3 rings (SSSR count). The molecule has 0 spiro atoms. The van der Waals surface area contributed by atoms with Crippen molar-refractivity contribution in [1.29, 1.82) is 0 Å². The van der Waals surface area contributed by atoms with E-state index in [1.165, 1.54) is 51.4 Å². The lowest BCUT2D eigenvalue weighted by Gasteiger charge is -2.38. The number of halogens is 2. The molecule has 0 unspecified atom stereocenters. The van der Waals surface area contributed by atoms with Gasteiger partial charge in [0, 0.05) is 0 Å². The molecule has 1 aromatic rings. The molecule has 158 valence electrons. The largest absolute Gasteiger partial charge is 0.490 e. The van der Waals surface area contributed by atoms with E-state index in [9.17, 15) is 8.78 Å². The van der Waals surface area contributed by atoms with Gasteiger partial charge < -0.3 is 4.74 Å². The first-order valence-corrected chi connectivity index (χ1v) is 11.7. The minimum Gasteiger partial charge on any atom is -0.490 e. The molecule has 0 aromatic heterocycles. The van der Waals surface area contributed by atoms with Gasteiger partial charge in [-0.3, -0.25) is 0 Å². The molecule has 0 N–H and O–H groups in total. The highest BCUT2D eigenvalue weighted by Crippen LogP contribution is 2.46. The Morgan fingerprint density at radius 3 is 2.04 bits per heavy atom. The van der Waals surface area contributed by atoms with Gasteiger partial charge in [-0.1, -0.05) is 39.5 Å². The first-order valence-electron chi connectivity index (χ1n) is 11.7. The molecule has 2 fully saturated rings. The number of aryl methyl sites for hydroxylation is 1. The van der Waals surface area contributed by atoms with Crippen LogP contribution >= 0.6 is 0 Å². The van der Waals surface area contributed by atoms with Crippen molar-refractivity contribution >= 4 is 0 Å². The molecule has 28 heavy (non-hydrogen) atoms. The molecule has 3 heteroatoms. The zero-order valence-corrected chi connectivity index (χ0v) is 18.0. The Bertz CT molecular complexity index is 626. The van der Waals surface area contributed by atoms with Crippen LogP contribution in [0, 0.1) is 36.3 Å². The van der Waals surface area contributed by atoms with E-state index in [4.69, 9.17) is 4.74 Å². The molecule has 0 heterocycles. The maximum atomic E-state index is 14.8. The zero-order chi connectivity index (χ0) is 20.1. The number of hydrogen-bond acceptors (Lipinski definition) is 1.